The molecule has 0 fully saturated rings. The zero-order chi connectivity index (χ0) is 14.8. The first-order valence-electron chi connectivity index (χ1n) is 6.56. The molecule has 0 aromatic carbocycles. The quantitative estimate of drug-likeness (QED) is 0.692. The van der Waals surface area contributed by atoms with E-state index in [0.717, 1.165) is 19.3 Å². The summed E-state index contributed by atoms with van der Waals surface area (Å²) in [6.07, 6.45) is 4.39. The van der Waals surface area contributed by atoms with E-state index < -0.39 is 4.92 Å². The number of pyridine rings is 1. The maximum atomic E-state index is 11.1. The van der Waals surface area contributed by atoms with Gasteiger partial charge in [0.25, 0.3) is 0 Å². The fraction of sp³-hybridized carbons (Fsp3) is 0.286. The zero-order valence-corrected chi connectivity index (χ0v) is 11.9. The van der Waals surface area contributed by atoms with Crippen LogP contribution in [0.1, 0.15) is 34.9 Å². The van der Waals surface area contributed by atoms with Crippen LogP contribution < -0.4 is 5.32 Å². The molecule has 0 aliphatic heterocycles. The Morgan fingerprint density at radius 2 is 2.43 bits per heavy atom. The lowest BCUT2D eigenvalue weighted by molar-refractivity contribution is -0.384. The number of aryl methyl sites for hydroxylation is 1. The molecular formula is C14H12N4O2S. The number of nitrogens with zero attached hydrogens (tertiary/aromatic N) is 3. The topological polar surface area (TPSA) is 91.8 Å². The highest BCUT2D eigenvalue weighted by Crippen LogP contribution is 2.36. The largest absolute Gasteiger partial charge is 0.357 e. The Bertz CT molecular complexity index is 735. The summed E-state index contributed by atoms with van der Waals surface area (Å²) in [7, 11) is 0. The van der Waals surface area contributed by atoms with Crippen LogP contribution in [0.5, 0.6) is 0 Å². The van der Waals surface area contributed by atoms with E-state index in [-0.39, 0.29) is 23.1 Å². The fourth-order valence-corrected chi connectivity index (χ4v) is 3.55. The lowest BCUT2D eigenvalue weighted by Gasteiger charge is -2.24. The minimum absolute atomic E-state index is 0.0409. The number of hydrogen-bond acceptors (Lipinski definition) is 6. The Labute approximate surface area is 125 Å². The Hall–Kier alpha value is -2.46. The molecule has 106 valence electrons. The van der Waals surface area contributed by atoms with E-state index >= 15 is 0 Å². The molecule has 1 unspecified atom stereocenters. The Balaban J connectivity index is 1.93. The molecule has 3 rings (SSSR count). The van der Waals surface area contributed by atoms with Crippen molar-refractivity contribution in [1.29, 1.82) is 5.26 Å². The minimum atomic E-state index is -0.506. The summed E-state index contributed by atoms with van der Waals surface area (Å²) in [6, 6.07) is 5.23. The predicted molar refractivity (Wildman–Crippen MR) is 79.2 cm³/mol. The maximum Gasteiger partial charge on any atom is 0.312 e. The molecule has 2 aromatic heterocycles. The normalized spacial score (nSPS) is 16.8. The molecule has 0 bridgehead atoms. The Morgan fingerprint density at radius 1 is 1.57 bits per heavy atom. The predicted octanol–water partition coefficient (Wildman–Crippen LogP) is 3.41. The third-order valence-corrected chi connectivity index (χ3v) is 4.55. The van der Waals surface area contributed by atoms with Crippen LogP contribution in [0.3, 0.4) is 0 Å². The molecule has 1 aliphatic carbocycles. The van der Waals surface area contributed by atoms with E-state index in [1.165, 1.54) is 22.7 Å². The molecule has 1 aliphatic rings. The van der Waals surface area contributed by atoms with Gasteiger partial charge in [-0.25, -0.2) is 4.98 Å². The lowest BCUT2D eigenvalue weighted by Crippen LogP contribution is -2.17. The number of fused-ring (bicyclic) bond motifs is 1. The second kappa shape index (κ2) is 5.50. The number of nitrogens with one attached hydrogen (secondary N) is 1. The molecule has 0 radical (unpaired) electrons. The summed E-state index contributed by atoms with van der Waals surface area (Å²) in [5.41, 5.74) is 1.23. The van der Waals surface area contributed by atoms with E-state index in [1.807, 2.05) is 11.4 Å². The summed E-state index contributed by atoms with van der Waals surface area (Å²) >= 11 is 1.72. The third-order valence-electron chi connectivity index (χ3n) is 3.56. The number of rotatable bonds is 3. The van der Waals surface area contributed by atoms with Gasteiger partial charge >= 0.3 is 5.69 Å². The minimum Gasteiger partial charge on any atom is -0.357 e. The molecule has 1 N–H and O–H groups in total. The fourth-order valence-electron chi connectivity index (χ4n) is 2.57. The van der Waals surface area contributed by atoms with Crippen LogP contribution in [0.4, 0.5) is 11.5 Å². The van der Waals surface area contributed by atoms with Crippen LogP contribution in [0.15, 0.2) is 23.7 Å². The Kier molecular flexibility index (Phi) is 3.54. The van der Waals surface area contributed by atoms with Gasteiger partial charge in [0.1, 0.15) is 6.07 Å². The van der Waals surface area contributed by atoms with Crippen LogP contribution in [0, 0.1) is 21.4 Å². The first-order chi connectivity index (χ1) is 10.2. The van der Waals surface area contributed by atoms with Crippen molar-refractivity contribution in [2.75, 3.05) is 5.32 Å². The SMILES string of the molecule is N#Cc1cnc(NC2CCCc3sccc32)c([N+](=O)[O-])c1. The molecule has 21 heavy (non-hydrogen) atoms. The summed E-state index contributed by atoms with van der Waals surface area (Å²) in [6.45, 7) is 0. The van der Waals surface area contributed by atoms with Gasteiger partial charge < -0.3 is 5.32 Å². The average Bonchev–Trinajstić information content (AvgIpc) is 2.97. The monoisotopic (exact) mass is 300 g/mol. The smallest absolute Gasteiger partial charge is 0.312 e. The van der Waals surface area contributed by atoms with Gasteiger partial charge in [0.05, 0.1) is 16.5 Å². The molecule has 2 aromatic rings. The molecular weight excluding hydrogens is 288 g/mol. The summed E-state index contributed by atoms with van der Waals surface area (Å²) in [4.78, 5) is 16.0. The van der Waals surface area contributed by atoms with Crippen molar-refractivity contribution in [3.8, 4) is 6.07 Å². The molecule has 0 saturated carbocycles. The van der Waals surface area contributed by atoms with Gasteiger partial charge in [0.15, 0.2) is 0 Å². The van der Waals surface area contributed by atoms with Gasteiger partial charge in [-0.05, 0) is 36.3 Å². The van der Waals surface area contributed by atoms with Crippen LogP contribution >= 0.6 is 11.3 Å². The highest BCUT2D eigenvalue weighted by Gasteiger charge is 2.25. The first-order valence-corrected chi connectivity index (χ1v) is 7.44. The summed E-state index contributed by atoms with van der Waals surface area (Å²) in [5, 5.41) is 25.2. The highest BCUT2D eigenvalue weighted by molar-refractivity contribution is 7.10. The van der Waals surface area contributed by atoms with Crippen LogP contribution in [-0.2, 0) is 6.42 Å². The molecule has 1 atom stereocenters. The second-order valence-corrected chi connectivity index (χ2v) is 5.85. The van der Waals surface area contributed by atoms with Crippen LogP contribution in [-0.4, -0.2) is 9.91 Å². The van der Waals surface area contributed by atoms with Crippen molar-refractivity contribution < 1.29 is 4.92 Å². The van der Waals surface area contributed by atoms with Crippen molar-refractivity contribution in [1.82, 2.24) is 4.98 Å². The molecule has 0 saturated heterocycles. The summed E-state index contributed by atoms with van der Waals surface area (Å²) < 4.78 is 0. The van der Waals surface area contributed by atoms with Gasteiger partial charge in [-0.1, -0.05) is 0 Å². The Morgan fingerprint density at radius 3 is 3.19 bits per heavy atom. The van der Waals surface area contributed by atoms with Crippen molar-refractivity contribution in [3.05, 3.63) is 49.8 Å². The van der Waals surface area contributed by atoms with Gasteiger partial charge in [-0.3, -0.25) is 10.1 Å². The third kappa shape index (κ3) is 2.58. The average molecular weight is 300 g/mol. The highest BCUT2D eigenvalue weighted by atomic mass is 32.1. The van der Waals surface area contributed by atoms with Gasteiger partial charge in [-0.15, -0.1) is 11.3 Å². The standard InChI is InChI=1S/C14H12N4O2S/c15-7-9-6-12(18(19)20)14(16-8-9)17-11-2-1-3-13-10(11)4-5-21-13/h4-6,8,11H,1-3H2,(H,16,17). The van der Waals surface area contributed by atoms with E-state index in [2.05, 4.69) is 16.4 Å². The van der Waals surface area contributed by atoms with Crippen LogP contribution in [0.2, 0.25) is 0 Å². The zero-order valence-electron chi connectivity index (χ0n) is 11.1. The molecule has 7 heteroatoms. The van der Waals surface area contributed by atoms with Crippen LogP contribution in [0.25, 0.3) is 0 Å². The molecule has 6 nitrogen and oxygen atoms in total. The van der Waals surface area contributed by atoms with Crippen molar-refractivity contribution in [2.45, 2.75) is 25.3 Å². The van der Waals surface area contributed by atoms with E-state index in [0.29, 0.717) is 0 Å². The lowest BCUT2D eigenvalue weighted by atomic mass is 9.94. The number of nitriles is 1. The second-order valence-electron chi connectivity index (χ2n) is 4.85. The van der Waals surface area contributed by atoms with Crippen molar-refractivity contribution in [2.24, 2.45) is 0 Å². The number of anilines is 1. The molecule has 0 amide bonds. The van der Waals surface area contributed by atoms with Gasteiger partial charge in [0.2, 0.25) is 5.82 Å². The van der Waals surface area contributed by atoms with Crippen molar-refractivity contribution >= 4 is 22.8 Å². The maximum absolute atomic E-state index is 11.1. The molecule has 2 heterocycles. The number of aromatic nitrogens is 1. The molecule has 0 spiro atoms. The van der Waals surface area contributed by atoms with E-state index in [4.69, 9.17) is 5.26 Å². The van der Waals surface area contributed by atoms with E-state index in [1.54, 1.807) is 11.3 Å². The number of thiophene rings is 1. The van der Waals surface area contributed by atoms with Gasteiger partial charge in [-0.2, -0.15) is 5.26 Å². The first kappa shape index (κ1) is 13.5. The van der Waals surface area contributed by atoms with Gasteiger partial charge in [0, 0.05) is 17.1 Å². The number of hydrogen-bond donors (Lipinski definition) is 1. The van der Waals surface area contributed by atoms with E-state index in [9.17, 15) is 10.1 Å². The summed E-state index contributed by atoms with van der Waals surface area (Å²) in [5.74, 6) is 0.225. The number of nitro groups is 1. The van der Waals surface area contributed by atoms with Crippen molar-refractivity contribution in [3.63, 3.8) is 0 Å².